The quantitative estimate of drug-likeness (QED) is 0.685. The summed E-state index contributed by atoms with van der Waals surface area (Å²) < 4.78 is 38.3. The number of hydrogen-bond acceptors (Lipinski definition) is 3. The number of halogens is 3. The Morgan fingerprint density at radius 2 is 2.17 bits per heavy atom. The van der Waals surface area contributed by atoms with Gasteiger partial charge < -0.3 is 0 Å². The van der Waals surface area contributed by atoms with Crippen LogP contribution in [0.4, 0.5) is 13.2 Å². The lowest BCUT2D eigenvalue weighted by molar-refractivity contribution is -0.137. The Bertz CT molecular complexity index is 595. The fraction of sp³-hybridized carbons (Fsp3) is 0.250. The molecule has 0 aliphatic rings. The highest BCUT2D eigenvalue weighted by atomic mass is 32.1. The summed E-state index contributed by atoms with van der Waals surface area (Å²) in [4.78, 5) is 4.15. The summed E-state index contributed by atoms with van der Waals surface area (Å²) in [5.74, 6) is 2.42. The van der Waals surface area contributed by atoms with Gasteiger partial charge >= 0.3 is 6.18 Å². The van der Waals surface area contributed by atoms with Gasteiger partial charge in [-0.3, -0.25) is 5.32 Å². The molecule has 94 valence electrons. The van der Waals surface area contributed by atoms with E-state index in [0.29, 0.717) is 18.6 Å². The Morgan fingerprint density at radius 1 is 1.39 bits per heavy atom. The topological polar surface area (TPSA) is 24.9 Å². The van der Waals surface area contributed by atoms with Crippen LogP contribution in [0.1, 0.15) is 10.6 Å². The predicted octanol–water partition coefficient (Wildman–Crippen LogP) is 3.04. The molecular weight excluding hydrogens is 261 g/mol. The standard InChI is InChI=1S/C12H9F3N2S/c1-2-5-16-7-11-17-9-6-8(12(13,14)15)3-4-10(9)18-11/h1,3-4,6,16H,5,7H2. The van der Waals surface area contributed by atoms with E-state index in [1.165, 1.54) is 17.4 Å². The van der Waals surface area contributed by atoms with Gasteiger partial charge in [0.15, 0.2) is 0 Å². The lowest BCUT2D eigenvalue weighted by Gasteiger charge is -2.04. The van der Waals surface area contributed by atoms with E-state index in [0.717, 1.165) is 21.8 Å². The molecule has 2 nitrogen and oxygen atoms in total. The molecule has 0 bridgehead atoms. The van der Waals surface area contributed by atoms with Crippen LogP contribution in [0.15, 0.2) is 18.2 Å². The first-order chi connectivity index (χ1) is 8.50. The first-order valence-electron chi connectivity index (χ1n) is 5.11. The fourth-order valence-corrected chi connectivity index (χ4v) is 2.39. The highest BCUT2D eigenvalue weighted by Crippen LogP contribution is 2.32. The number of nitrogens with one attached hydrogen (secondary N) is 1. The number of nitrogens with zero attached hydrogens (tertiary/aromatic N) is 1. The minimum absolute atomic E-state index is 0.368. The first-order valence-corrected chi connectivity index (χ1v) is 5.93. The molecule has 0 aliphatic heterocycles. The third-order valence-electron chi connectivity index (χ3n) is 2.26. The summed E-state index contributed by atoms with van der Waals surface area (Å²) in [6, 6.07) is 3.58. The van der Waals surface area contributed by atoms with Crippen LogP contribution in [0.25, 0.3) is 10.2 Å². The van der Waals surface area contributed by atoms with E-state index in [2.05, 4.69) is 16.2 Å². The third-order valence-corrected chi connectivity index (χ3v) is 3.30. The molecule has 1 aromatic carbocycles. The van der Waals surface area contributed by atoms with E-state index < -0.39 is 11.7 Å². The van der Waals surface area contributed by atoms with Crippen molar-refractivity contribution >= 4 is 21.6 Å². The van der Waals surface area contributed by atoms with Gasteiger partial charge in [-0.2, -0.15) is 13.2 Å². The van der Waals surface area contributed by atoms with Gasteiger partial charge in [0.2, 0.25) is 0 Å². The highest BCUT2D eigenvalue weighted by molar-refractivity contribution is 7.18. The van der Waals surface area contributed by atoms with Crippen molar-refractivity contribution in [3.05, 3.63) is 28.8 Å². The van der Waals surface area contributed by atoms with Gasteiger partial charge in [0, 0.05) is 6.54 Å². The molecule has 0 spiro atoms. The maximum Gasteiger partial charge on any atom is 0.416 e. The molecule has 1 N–H and O–H groups in total. The van der Waals surface area contributed by atoms with Crippen LogP contribution in [0.3, 0.4) is 0 Å². The van der Waals surface area contributed by atoms with Crippen LogP contribution >= 0.6 is 11.3 Å². The van der Waals surface area contributed by atoms with E-state index in [4.69, 9.17) is 6.42 Å². The Hall–Kier alpha value is -1.58. The molecule has 0 aliphatic carbocycles. The van der Waals surface area contributed by atoms with Gasteiger partial charge in [0.05, 0.1) is 22.3 Å². The molecule has 6 heteroatoms. The van der Waals surface area contributed by atoms with Gasteiger partial charge in [0.1, 0.15) is 5.01 Å². The molecule has 0 unspecified atom stereocenters. The largest absolute Gasteiger partial charge is 0.416 e. The van der Waals surface area contributed by atoms with E-state index in [-0.39, 0.29) is 0 Å². The lowest BCUT2D eigenvalue weighted by atomic mass is 10.2. The maximum atomic E-state index is 12.5. The summed E-state index contributed by atoms with van der Waals surface area (Å²) in [7, 11) is 0. The average molecular weight is 270 g/mol. The number of hydrogen-bond donors (Lipinski definition) is 1. The minimum atomic E-state index is -4.33. The smallest absolute Gasteiger partial charge is 0.300 e. The third kappa shape index (κ3) is 2.81. The van der Waals surface area contributed by atoms with Crippen LogP contribution in [0, 0.1) is 12.3 Å². The van der Waals surface area contributed by atoms with Crippen molar-refractivity contribution in [1.82, 2.24) is 10.3 Å². The van der Waals surface area contributed by atoms with Crippen LogP contribution in [-0.2, 0) is 12.7 Å². The Morgan fingerprint density at radius 3 is 2.83 bits per heavy atom. The van der Waals surface area contributed by atoms with Gasteiger partial charge in [-0.1, -0.05) is 5.92 Å². The summed E-state index contributed by atoms with van der Waals surface area (Å²) >= 11 is 1.36. The van der Waals surface area contributed by atoms with Gasteiger partial charge in [-0.25, -0.2) is 4.98 Å². The first kappa shape index (κ1) is 12.9. The predicted molar refractivity (Wildman–Crippen MR) is 65.2 cm³/mol. The number of terminal acetylenes is 1. The second-order valence-corrected chi connectivity index (χ2v) is 4.71. The van der Waals surface area contributed by atoms with Crippen molar-refractivity contribution in [2.45, 2.75) is 12.7 Å². The summed E-state index contributed by atoms with van der Waals surface area (Å²) in [5.41, 5.74) is -0.309. The average Bonchev–Trinajstić information content (AvgIpc) is 2.69. The summed E-state index contributed by atoms with van der Waals surface area (Å²) in [5, 5.41) is 3.67. The highest BCUT2D eigenvalue weighted by Gasteiger charge is 2.30. The zero-order valence-electron chi connectivity index (χ0n) is 9.21. The molecule has 18 heavy (non-hydrogen) atoms. The number of thiazole rings is 1. The SMILES string of the molecule is C#CCNCc1nc2cc(C(F)(F)F)ccc2s1. The lowest BCUT2D eigenvalue weighted by Crippen LogP contribution is -2.12. The van der Waals surface area contributed by atoms with Crippen molar-refractivity contribution in [2.75, 3.05) is 6.54 Å². The fourth-order valence-electron chi connectivity index (χ4n) is 1.47. The molecule has 1 aromatic heterocycles. The molecule has 0 fully saturated rings. The van der Waals surface area contributed by atoms with Gasteiger partial charge in [-0.15, -0.1) is 17.8 Å². The van der Waals surface area contributed by atoms with Crippen molar-refractivity contribution in [1.29, 1.82) is 0 Å². The molecule has 2 rings (SSSR count). The van der Waals surface area contributed by atoms with Crippen molar-refractivity contribution in [2.24, 2.45) is 0 Å². The van der Waals surface area contributed by atoms with Crippen LogP contribution in [-0.4, -0.2) is 11.5 Å². The van der Waals surface area contributed by atoms with Gasteiger partial charge in [0.25, 0.3) is 0 Å². The Labute approximate surface area is 106 Å². The molecular formula is C12H9F3N2S. The van der Waals surface area contributed by atoms with E-state index in [1.54, 1.807) is 0 Å². The van der Waals surface area contributed by atoms with E-state index in [9.17, 15) is 13.2 Å². The van der Waals surface area contributed by atoms with E-state index >= 15 is 0 Å². The van der Waals surface area contributed by atoms with Crippen LogP contribution in [0.5, 0.6) is 0 Å². The van der Waals surface area contributed by atoms with Crippen molar-refractivity contribution < 1.29 is 13.2 Å². The van der Waals surface area contributed by atoms with Crippen LogP contribution < -0.4 is 5.32 Å². The number of benzene rings is 1. The molecule has 0 saturated heterocycles. The summed E-state index contributed by atoms with van der Waals surface area (Å²) in [6.45, 7) is 0.870. The normalized spacial score (nSPS) is 11.7. The number of rotatable bonds is 3. The molecule has 1 heterocycles. The monoisotopic (exact) mass is 270 g/mol. The van der Waals surface area contributed by atoms with Gasteiger partial charge in [-0.05, 0) is 18.2 Å². The maximum absolute atomic E-state index is 12.5. The second kappa shape index (κ2) is 4.96. The molecule has 2 aromatic rings. The zero-order chi connectivity index (χ0) is 13.2. The van der Waals surface area contributed by atoms with E-state index in [1.807, 2.05) is 0 Å². The Balaban J connectivity index is 2.26. The Kier molecular flexibility index (Phi) is 3.55. The molecule has 0 atom stereocenters. The van der Waals surface area contributed by atoms with Crippen molar-refractivity contribution in [3.8, 4) is 12.3 Å². The number of aromatic nitrogens is 1. The molecule has 0 saturated carbocycles. The van der Waals surface area contributed by atoms with Crippen molar-refractivity contribution in [3.63, 3.8) is 0 Å². The van der Waals surface area contributed by atoms with Crippen LogP contribution in [0.2, 0.25) is 0 Å². The second-order valence-electron chi connectivity index (χ2n) is 3.60. The number of fused-ring (bicyclic) bond motifs is 1. The molecule has 0 radical (unpaired) electrons. The molecule has 0 amide bonds. The number of alkyl halides is 3. The minimum Gasteiger partial charge on any atom is -0.300 e. The zero-order valence-corrected chi connectivity index (χ0v) is 10.0. The summed E-state index contributed by atoms with van der Waals surface area (Å²) in [6.07, 6.45) is 0.747.